The maximum absolute atomic E-state index is 14.1. The molecule has 0 spiro atoms. The number of methoxy groups -OCH3 is 1. The number of hydrogen-bond acceptors (Lipinski definition) is 8. The minimum absolute atomic E-state index is 0.0512. The Hall–Kier alpha value is -2.89. The van der Waals surface area contributed by atoms with E-state index < -0.39 is 42.8 Å². The molecule has 1 saturated heterocycles. The van der Waals surface area contributed by atoms with Gasteiger partial charge in [-0.1, -0.05) is 0 Å². The highest BCUT2D eigenvalue weighted by Crippen LogP contribution is 2.30. The van der Waals surface area contributed by atoms with E-state index in [4.69, 9.17) is 14.6 Å². The van der Waals surface area contributed by atoms with Crippen molar-refractivity contribution in [2.75, 3.05) is 19.0 Å². The molecule has 2 aromatic heterocycles. The van der Waals surface area contributed by atoms with Gasteiger partial charge in [-0.25, -0.2) is 14.2 Å². The first-order valence-corrected chi connectivity index (χ1v) is 7.93. The summed E-state index contributed by atoms with van der Waals surface area (Å²) in [7, 11) is 1.44. The number of aliphatic hydroxyl groups is 2. The number of nitrogens with one attached hydrogen (secondary N) is 1. The van der Waals surface area contributed by atoms with Gasteiger partial charge < -0.3 is 25.0 Å². The standard InChI is InChI=1S/C16H17FN4O6/c1-26-11-3-2-8(6-18-11)14(24)19-10-4-5-21(16(25)20-10)15-12(17)13(23)9(7-22)27-15/h2-6,9,12-13,15,22-23H,7H2,1H3,(H,19,20,24,25)/t9-,12-,13-,15+/m1/s1. The highest BCUT2D eigenvalue weighted by Gasteiger charge is 2.45. The van der Waals surface area contributed by atoms with Crippen LogP contribution in [0.3, 0.4) is 0 Å². The molecule has 0 radical (unpaired) electrons. The second kappa shape index (κ2) is 7.78. The van der Waals surface area contributed by atoms with Gasteiger partial charge >= 0.3 is 5.69 Å². The van der Waals surface area contributed by atoms with Crippen molar-refractivity contribution in [2.45, 2.75) is 24.6 Å². The lowest BCUT2D eigenvalue weighted by molar-refractivity contribution is -0.0490. The topological polar surface area (TPSA) is 136 Å². The fourth-order valence-corrected chi connectivity index (χ4v) is 2.58. The summed E-state index contributed by atoms with van der Waals surface area (Å²) in [5.41, 5.74) is -0.669. The van der Waals surface area contributed by atoms with Gasteiger partial charge in [-0.3, -0.25) is 9.36 Å². The van der Waals surface area contributed by atoms with Crippen molar-refractivity contribution in [3.8, 4) is 5.88 Å². The normalized spacial score (nSPS) is 24.6. The number of ether oxygens (including phenoxy) is 2. The molecule has 3 rings (SSSR count). The number of carbonyl (C=O) groups is 1. The van der Waals surface area contributed by atoms with Crippen LogP contribution in [-0.4, -0.2) is 62.8 Å². The first-order valence-electron chi connectivity index (χ1n) is 7.93. The van der Waals surface area contributed by atoms with Crippen LogP contribution in [0.1, 0.15) is 16.6 Å². The molecule has 0 bridgehead atoms. The number of halogens is 1. The van der Waals surface area contributed by atoms with Crippen LogP contribution < -0.4 is 15.7 Å². The largest absolute Gasteiger partial charge is 0.481 e. The smallest absolute Gasteiger partial charge is 0.351 e. The van der Waals surface area contributed by atoms with Crippen LogP contribution in [0.25, 0.3) is 0 Å². The number of nitrogens with zero attached hydrogens (tertiary/aromatic N) is 3. The van der Waals surface area contributed by atoms with Crippen LogP contribution in [-0.2, 0) is 4.74 Å². The Kier molecular flexibility index (Phi) is 5.44. The van der Waals surface area contributed by atoms with Crippen molar-refractivity contribution >= 4 is 11.7 Å². The summed E-state index contributed by atoms with van der Waals surface area (Å²) in [6, 6.07) is 4.27. The number of pyridine rings is 1. The number of amides is 1. The molecular formula is C16H17FN4O6. The van der Waals surface area contributed by atoms with Gasteiger partial charge in [-0.2, -0.15) is 4.98 Å². The molecule has 0 unspecified atom stereocenters. The van der Waals surface area contributed by atoms with Gasteiger partial charge in [-0.15, -0.1) is 0 Å². The van der Waals surface area contributed by atoms with Crippen LogP contribution >= 0.6 is 0 Å². The molecule has 144 valence electrons. The van der Waals surface area contributed by atoms with Gasteiger partial charge in [0.1, 0.15) is 18.0 Å². The van der Waals surface area contributed by atoms with Crippen LogP contribution in [0.5, 0.6) is 5.88 Å². The summed E-state index contributed by atoms with van der Waals surface area (Å²) in [6.07, 6.45) is -3.56. The average Bonchev–Trinajstić information content (AvgIpc) is 2.96. The third kappa shape index (κ3) is 3.79. The molecule has 0 saturated carbocycles. The van der Waals surface area contributed by atoms with E-state index in [1.807, 2.05) is 0 Å². The second-order valence-electron chi connectivity index (χ2n) is 5.73. The number of aromatic nitrogens is 3. The van der Waals surface area contributed by atoms with E-state index in [1.54, 1.807) is 0 Å². The Morgan fingerprint density at radius 3 is 2.78 bits per heavy atom. The first kappa shape index (κ1) is 18.9. The molecule has 0 aromatic carbocycles. The number of alkyl halides is 1. The Morgan fingerprint density at radius 2 is 2.22 bits per heavy atom. The minimum Gasteiger partial charge on any atom is -0.481 e. The number of hydrogen-bond donors (Lipinski definition) is 3. The molecular weight excluding hydrogens is 363 g/mol. The Balaban J connectivity index is 1.75. The summed E-state index contributed by atoms with van der Waals surface area (Å²) in [4.78, 5) is 31.9. The van der Waals surface area contributed by atoms with E-state index >= 15 is 0 Å². The number of carbonyl (C=O) groups excluding carboxylic acids is 1. The van der Waals surface area contributed by atoms with Gasteiger partial charge in [-0.05, 0) is 12.1 Å². The van der Waals surface area contributed by atoms with Crippen LogP contribution in [0.15, 0.2) is 35.4 Å². The molecule has 1 amide bonds. The van der Waals surface area contributed by atoms with Gasteiger partial charge in [0.15, 0.2) is 12.4 Å². The fraction of sp³-hybridized carbons (Fsp3) is 0.375. The summed E-state index contributed by atoms with van der Waals surface area (Å²) in [5, 5.41) is 21.1. The summed E-state index contributed by atoms with van der Waals surface area (Å²) < 4.78 is 25.0. The van der Waals surface area contributed by atoms with Crippen molar-refractivity contribution in [3.05, 3.63) is 46.6 Å². The molecule has 3 heterocycles. The molecule has 10 nitrogen and oxygen atoms in total. The first-order chi connectivity index (χ1) is 12.9. The third-order valence-electron chi connectivity index (χ3n) is 4.03. The van der Waals surface area contributed by atoms with E-state index in [9.17, 15) is 19.1 Å². The predicted molar refractivity (Wildman–Crippen MR) is 89.1 cm³/mol. The lowest BCUT2D eigenvalue weighted by atomic mass is 10.1. The van der Waals surface area contributed by atoms with E-state index in [-0.39, 0.29) is 11.4 Å². The van der Waals surface area contributed by atoms with Gasteiger partial charge in [0.05, 0.1) is 19.3 Å². The van der Waals surface area contributed by atoms with E-state index in [2.05, 4.69) is 15.3 Å². The zero-order chi connectivity index (χ0) is 19.6. The lowest BCUT2D eigenvalue weighted by Crippen LogP contribution is -2.33. The SMILES string of the molecule is COc1ccc(C(=O)Nc2ccn([C@H]3O[C@H](CO)[C@@H](O)[C@H]3F)c(=O)n2)cn1. The molecule has 27 heavy (non-hydrogen) atoms. The molecule has 1 aliphatic rings. The van der Waals surface area contributed by atoms with Gasteiger partial charge in [0, 0.05) is 18.5 Å². The highest BCUT2D eigenvalue weighted by atomic mass is 19.1. The third-order valence-corrected chi connectivity index (χ3v) is 4.03. The van der Waals surface area contributed by atoms with Gasteiger partial charge in [0.2, 0.25) is 5.88 Å². The van der Waals surface area contributed by atoms with Crippen molar-refractivity contribution in [3.63, 3.8) is 0 Å². The summed E-state index contributed by atoms with van der Waals surface area (Å²) in [5.74, 6) is -0.260. The quantitative estimate of drug-likeness (QED) is 0.631. The van der Waals surface area contributed by atoms with Crippen LogP contribution in [0, 0.1) is 0 Å². The van der Waals surface area contributed by atoms with E-state index in [0.29, 0.717) is 5.88 Å². The van der Waals surface area contributed by atoms with Crippen LogP contribution in [0.4, 0.5) is 10.2 Å². The lowest BCUT2D eigenvalue weighted by Gasteiger charge is -2.16. The predicted octanol–water partition coefficient (Wildman–Crippen LogP) is -0.512. The Labute approximate surface area is 152 Å². The number of aliphatic hydroxyl groups excluding tert-OH is 2. The molecule has 3 N–H and O–H groups in total. The highest BCUT2D eigenvalue weighted by molar-refractivity contribution is 6.03. The van der Waals surface area contributed by atoms with Crippen molar-refractivity contribution < 1.29 is 28.9 Å². The maximum atomic E-state index is 14.1. The van der Waals surface area contributed by atoms with E-state index in [1.165, 1.54) is 37.7 Å². The fourth-order valence-electron chi connectivity index (χ4n) is 2.58. The zero-order valence-corrected chi connectivity index (χ0v) is 14.2. The van der Waals surface area contributed by atoms with Gasteiger partial charge in [0.25, 0.3) is 5.91 Å². The van der Waals surface area contributed by atoms with Crippen LogP contribution in [0.2, 0.25) is 0 Å². The summed E-state index contributed by atoms with van der Waals surface area (Å²) >= 11 is 0. The molecule has 1 aliphatic heterocycles. The molecule has 4 atom stereocenters. The van der Waals surface area contributed by atoms with Crippen molar-refractivity contribution in [1.82, 2.24) is 14.5 Å². The average molecular weight is 380 g/mol. The van der Waals surface area contributed by atoms with E-state index in [0.717, 1.165) is 4.57 Å². The molecule has 0 aliphatic carbocycles. The van der Waals surface area contributed by atoms with Crippen molar-refractivity contribution in [2.24, 2.45) is 0 Å². The zero-order valence-electron chi connectivity index (χ0n) is 14.2. The van der Waals surface area contributed by atoms with Crippen molar-refractivity contribution in [1.29, 1.82) is 0 Å². The Morgan fingerprint density at radius 1 is 1.44 bits per heavy atom. The molecule has 2 aromatic rings. The molecule has 11 heteroatoms. The Bertz CT molecular complexity index is 874. The maximum Gasteiger partial charge on any atom is 0.351 e. The second-order valence-corrected chi connectivity index (χ2v) is 5.73. The number of anilines is 1. The monoisotopic (exact) mass is 380 g/mol. The molecule has 1 fully saturated rings. The summed E-state index contributed by atoms with van der Waals surface area (Å²) in [6.45, 7) is -0.593. The number of rotatable bonds is 5. The minimum atomic E-state index is -1.91.